The summed E-state index contributed by atoms with van der Waals surface area (Å²) in [7, 11) is 0. The Kier molecular flexibility index (Phi) is 4.70. The third kappa shape index (κ3) is 3.94. The molecule has 5 heteroatoms. The SMILES string of the molecule is Brc1ccc(N2CCCC(COc3ccccn3)C2)nc1. The zero-order chi connectivity index (χ0) is 14.5. The van der Waals surface area contributed by atoms with Crippen LogP contribution in [0.15, 0.2) is 47.2 Å². The molecule has 0 N–H and O–H groups in total. The molecule has 1 atom stereocenters. The molecule has 2 aromatic heterocycles. The molecule has 1 fully saturated rings. The zero-order valence-corrected chi connectivity index (χ0v) is 13.4. The van der Waals surface area contributed by atoms with Gasteiger partial charge in [-0.05, 0) is 47.0 Å². The Morgan fingerprint density at radius 1 is 1.24 bits per heavy atom. The Morgan fingerprint density at radius 3 is 2.95 bits per heavy atom. The monoisotopic (exact) mass is 347 g/mol. The Bertz CT molecular complexity index is 561. The molecule has 0 bridgehead atoms. The zero-order valence-electron chi connectivity index (χ0n) is 11.8. The van der Waals surface area contributed by atoms with Crippen LogP contribution in [0.5, 0.6) is 5.88 Å². The Balaban J connectivity index is 1.57. The molecule has 110 valence electrons. The van der Waals surface area contributed by atoms with Crippen LogP contribution in [-0.2, 0) is 0 Å². The summed E-state index contributed by atoms with van der Waals surface area (Å²) >= 11 is 3.42. The first-order valence-corrected chi connectivity index (χ1v) is 8.01. The molecule has 0 aliphatic carbocycles. The second-order valence-electron chi connectivity index (χ2n) is 5.27. The van der Waals surface area contributed by atoms with Crippen LogP contribution in [0.3, 0.4) is 0 Å². The molecule has 0 spiro atoms. The van der Waals surface area contributed by atoms with E-state index in [-0.39, 0.29) is 0 Å². The molecule has 1 aliphatic heterocycles. The van der Waals surface area contributed by atoms with Gasteiger partial charge in [-0.2, -0.15) is 0 Å². The lowest BCUT2D eigenvalue weighted by Gasteiger charge is -2.33. The summed E-state index contributed by atoms with van der Waals surface area (Å²) in [4.78, 5) is 11.0. The summed E-state index contributed by atoms with van der Waals surface area (Å²) in [5, 5.41) is 0. The van der Waals surface area contributed by atoms with E-state index in [0.29, 0.717) is 18.4 Å². The Hall–Kier alpha value is -1.62. The maximum Gasteiger partial charge on any atom is 0.213 e. The van der Waals surface area contributed by atoms with Gasteiger partial charge in [0, 0.05) is 41.9 Å². The van der Waals surface area contributed by atoms with Crippen molar-refractivity contribution in [2.24, 2.45) is 5.92 Å². The molecule has 3 heterocycles. The average Bonchev–Trinajstić information content (AvgIpc) is 2.55. The summed E-state index contributed by atoms with van der Waals surface area (Å²) < 4.78 is 6.80. The molecule has 0 amide bonds. The molecular formula is C16H18BrN3O. The lowest BCUT2D eigenvalue weighted by Crippen LogP contribution is -2.38. The van der Waals surface area contributed by atoms with E-state index in [1.807, 2.05) is 30.5 Å². The van der Waals surface area contributed by atoms with E-state index in [9.17, 15) is 0 Å². The molecule has 0 aromatic carbocycles. The van der Waals surface area contributed by atoms with Gasteiger partial charge in [0.25, 0.3) is 0 Å². The predicted octanol–water partition coefficient (Wildman–Crippen LogP) is 3.53. The fraction of sp³-hybridized carbons (Fsp3) is 0.375. The fourth-order valence-corrected chi connectivity index (χ4v) is 2.83. The summed E-state index contributed by atoms with van der Waals surface area (Å²) in [5.41, 5.74) is 0. The number of hydrogen-bond donors (Lipinski definition) is 0. The van der Waals surface area contributed by atoms with Gasteiger partial charge >= 0.3 is 0 Å². The van der Waals surface area contributed by atoms with Crippen molar-refractivity contribution in [2.75, 3.05) is 24.6 Å². The number of nitrogens with zero attached hydrogens (tertiary/aromatic N) is 3. The molecular weight excluding hydrogens is 330 g/mol. The molecule has 21 heavy (non-hydrogen) atoms. The molecule has 4 nitrogen and oxygen atoms in total. The number of rotatable bonds is 4. The van der Waals surface area contributed by atoms with Crippen molar-refractivity contribution >= 4 is 21.7 Å². The lowest BCUT2D eigenvalue weighted by atomic mass is 9.99. The fourth-order valence-electron chi connectivity index (χ4n) is 2.60. The van der Waals surface area contributed by atoms with Crippen LogP contribution in [-0.4, -0.2) is 29.7 Å². The van der Waals surface area contributed by atoms with Gasteiger partial charge in [0.05, 0.1) is 6.61 Å². The number of pyridine rings is 2. The maximum atomic E-state index is 5.78. The summed E-state index contributed by atoms with van der Waals surface area (Å²) in [5.74, 6) is 2.27. The molecule has 3 rings (SSSR count). The van der Waals surface area contributed by atoms with Crippen LogP contribution < -0.4 is 9.64 Å². The van der Waals surface area contributed by atoms with Gasteiger partial charge in [0.15, 0.2) is 0 Å². The highest BCUT2D eigenvalue weighted by atomic mass is 79.9. The number of hydrogen-bond acceptors (Lipinski definition) is 4. The Morgan fingerprint density at radius 2 is 2.19 bits per heavy atom. The predicted molar refractivity (Wildman–Crippen MR) is 86.6 cm³/mol. The van der Waals surface area contributed by atoms with Crippen molar-refractivity contribution in [1.82, 2.24) is 9.97 Å². The van der Waals surface area contributed by atoms with Gasteiger partial charge in [-0.15, -0.1) is 0 Å². The summed E-state index contributed by atoms with van der Waals surface area (Å²) in [6.07, 6.45) is 5.98. The minimum absolute atomic E-state index is 0.520. The summed E-state index contributed by atoms with van der Waals surface area (Å²) in [6.45, 7) is 2.76. The van der Waals surface area contributed by atoms with Crippen LogP contribution in [0.2, 0.25) is 0 Å². The van der Waals surface area contributed by atoms with E-state index < -0.39 is 0 Å². The van der Waals surface area contributed by atoms with E-state index >= 15 is 0 Å². The highest BCUT2D eigenvalue weighted by Crippen LogP contribution is 2.23. The van der Waals surface area contributed by atoms with Crippen LogP contribution in [0.1, 0.15) is 12.8 Å². The molecule has 1 unspecified atom stereocenters. The summed E-state index contributed by atoms with van der Waals surface area (Å²) in [6, 6.07) is 9.84. The maximum absolute atomic E-state index is 5.78. The van der Waals surface area contributed by atoms with E-state index in [2.05, 4.69) is 36.9 Å². The van der Waals surface area contributed by atoms with E-state index in [4.69, 9.17) is 4.74 Å². The quantitative estimate of drug-likeness (QED) is 0.847. The lowest BCUT2D eigenvalue weighted by molar-refractivity contribution is 0.221. The number of aromatic nitrogens is 2. The topological polar surface area (TPSA) is 38.2 Å². The minimum atomic E-state index is 0.520. The van der Waals surface area contributed by atoms with Crippen molar-refractivity contribution in [3.05, 3.63) is 47.2 Å². The van der Waals surface area contributed by atoms with Crippen molar-refractivity contribution < 1.29 is 4.74 Å². The van der Waals surface area contributed by atoms with Crippen molar-refractivity contribution in [3.63, 3.8) is 0 Å². The van der Waals surface area contributed by atoms with Gasteiger partial charge in [-0.3, -0.25) is 0 Å². The minimum Gasteiger partial charge on any atom is -0.477 e. The molecule has 0 saturated carbocycles. The third-order valence-corrected chi connectivity index (χ3v) is 4.13. The van der Waals surface area contributed by atoms with Crippen molar-refractivity contribution in [3.8, 4) is 5.88 Å². The van der Waals surface area contributed by atoms with Gasteiger partial charge in [0.1, 0.15) is 5.82 Å². The second kappa shape index (κ2) is 6.89. The van der Waals surface area contributed by atoms with E-state index in [0.717, 1.165) is 23.4 Å². The first kappa shape index (κ1) is 14.3. The first-order chi connectivity index (χ1) is 10.3. The first-order valence-electron chi connectivity index (χ1n) is 7.21. The largest absolute Gasteiger partial charge is 0.477 e. The standard InChI is InChI=1S/C16H18BrN3O/c17-14-6-7-15(19-10-14)20-9-3-4-13(11-20)12-21-16-5-1-2-8-18-16/h1-2,5-8,10,13H,3-4,9,11-12H2. The Labute approximate surface area is 133 Å². The van der Waals surface area contributed by atoms with Gasteiger partial charge in [-0.1, -0.05) is 6.07 Å². The normalized spacial score (nSPS) is 18.5. The number of piperidine rings is 1. The highest BCUT2D eigenvalue weighted by Gasteiger charge is 2.21. The third-order valence-electron chi connectivity index (χ3n) is 3.66. The average molecular weight is 348 g/mol. The molecule has 0 radical (unpaired) electrons. The van der Waals surface area contributed by atoms with Crippen molar-refractivity contribution in [2.45, 2.75) is 12.8 Å². The van der Waals surface area contributed by atoms with Crippen LogP contribution in [0.25, 0.3) is 0 Å². The molecule has 1 saturated heterocycles. The highest BCUT2D eigenvalue weighted by molar-refractivity contribution is 9.10. The van der Waals surface area contributed by atoms with Gasteiger partial charge < -0.3 is 9.64 Å². The van der Waals surface area contributed by atoms with Crippen molar-refractivity contribution in [1.29, 1.82) is 0 Å². The number of anilines is 1. The van der Waals surface area contributed by atoms with Crippen LogP contribution in [0.4, 0.5) is 5.82 Å². The smallest absolute Gasteiger partial charge is 0.213 e. The van der Waals surface area contributed by atoms with Crippen LogP contribution >= 0.6 is 15.9 Å². The van der Waals surface area contributed by atoms with E-state index in [1.165, 1.54) is 12.8 Å². The molecule has 1 aliphatic rings. The van der Waals surface area contributed by atoms with Gasteiger partial charge in [0.2, 0.25) is 5.88 Å². The number of halogens is 1. The van der Waals surface area contributed by atoms with Crippen LogP contribution in [0, 0.1) is 5.92 Å². The number of ether oxygens (including phenoxy) is 1. The second-order valence-corrected chi connectivity index (χ2v) is 6.18. The van der Waals surface area contributed by atoms with E-state index in [1.54, 1.807) is 6.20 Å². The van der Waals surface area contributed by atoms with Gasteiger partial charge in [-0.25, -0.2) is 9.97 Å². The molecule has 2 aromatic rings.